The molecule has 17 heavy (non-hydrogen) atoms. The van der Waals surface area contributed by atoms with Gasteiger partial charge in [-0.05, 0) is 43.2 Å². The van der Waals surface area contributed by atoms with Gasteiger partial charge in [0, 0.05) is 5.56 Å². The van der Waals surface area contributed by atoms with Gasteiger partial charge in [0.2, 0.25) is 0 Å². The van der Waals surface area contributed by atoms with Crippen LogP contribution in [0.3, 0.4) is 0 Å². The first-order chi connectivity index (χ1) is 8.00. The number of nitrogens with zero attached hydrogens (tertiary/aromatic N) is 2. The van der Waals surface area contributed by atoms with Crippen LogP contribution in [0.1, 0.15) is 11.1 Å². The summed E-state index contributed by atoms with van der Waals surface area (Å²) in [6, 6.07) is 3.23. The Bertz CT molecular complexity index is 582. The summed E-state index contributed by atoms with van der Waals surface area (Å²) in [5.41, 5.74) is 7.42. The molecule has 0 saturated heterocycles. The molecule has 0 aliphatic rings. The Morgan fingerprint density at radius 2 is 1.76 bits per heavy atom. The molecule has 0 amide bonds. The zero-order valence-corrected chi connectivity index (χ0v) is 9.46. The number of nitrogen functional groups attached to an aromatic ring is 1. The molecule has 2 N–H and O–H groups in total. The second-order valence-corrected chi connectivity index (χ2v) is 3.81. The quantitative estimate of drug-likeness (QED) is 0.826. The van der Waals surface area contributed by atoms with Crippen molar-refractivity contribution in [1.82, 2.24) is 10.2 Å². The molecule has 0 bridgehead atoms. The van der Waals surface area contributed by atoms with Crippen molar-refractivity contribution in [3.05, 3.63) is 41.0 Å². The lowest BCUT2D eigenvalue weighted by atomic mass is 10.0. The van der Waals surface area contributed by atoms with E-state index in [0.29, 0.717) is 17.1 Å². The summed E-state index contributed by atoms with van der Waals surface area (Å²) in [6.07, 6.45) is 0. The Balaban J connectivity index is 2.69. The predicted octanol–water partition coefficient (Wildman–Crippen LogP) is 2.62. The number of rotatable bonds is 1. The molecule has 0 atom stereocenters. The molecule has 0 aliphatic carbocycles. The summed E-state index contributed by atoms with van der Waals surface area (Å²) in [5.74, 6) is -0.756. The van der Waals surface area contributed by atoms with Gasteiger partial charge in [-0.1, -0.05) is 0 Å². The van der Waals surface area contributed by atoms with Gasteiger partial charge < -0.3 is 5.73 Å². The summed E-state index contributed by atoms with van der Waals surface area (Å²) in [4.78, 5) is 0. The highest BCUT2D eigenvalue weighted by atomic mass is 19.1. The number of nitrogens with two attached hydrogens (primary N) is 1. The second-order valence-electron chi connectivity index (χ2n) is 3.81. The fourth-order valence-corrected chi connectivity index (χ4v) is 1.56. The first kappa shape index (κ1) is 11.4. The molecule has 0 aliphatic heterocycles. The maximum atomic E-state index is 13.6. The Hall–Kier alpha value is -2.04. The summed E-state index contributed by atoms with van der Waals surface area (Å²) >= 11 is 0. The number of hydrogen-bond acceptors (Lipinski definition) is 3. The van der Waals surface area contributed by atoms with Crippen molar-refractivity contribution in [2.75, 3.05) is 5.73 Å². The van der Waals surface area contributed by atoms with Gasteiger partial charge in [-0.3, -0.25) is 0 Å². The predicted molar refractivity (Wildman–Crippen MR) is 61.3 cm³/mol. The van der Waals surface area contributed by atoms with Gasteiger partial charge >= 0.3 is 0 Å². The number of halogens is 2. The summed E-state index contributed by atoms with van der Waals surface area (Å²) in [7, 11) is 0. The second kappa shape index (κ2) is 4.08. The van der Waals surface area contributed by atoms with Crippen LogP contribution in [0.5, 0.6) is 0 Å². The minimum Gasteiger partial charge on any atom is -0.382 e. The van der Waals surface area contributed by atoms with E-state index in [2.05, 4.69) is 10.2 Å². The van der Waals surface area contributed by atoms with Crippen LogP contribution in [-0.4, -0.2) is 10.2 Å². The first-order valence-corrected chi connectivity index (χ1v) is 5.05. The Labute approximate surface area is 97.3 Å². The lowest BCUT2D eigenvalue weighted by Crippen LogP contribution is -2.03. The van der Waals surface area contributed by atoms with Gasteiger partial charge in [-0.25, -0.2) is 8.78 Å². The lowest BCUT2D eigenvalue weighted by Gasteiger charge is -2.09. The molecule has 2 aromatic rings. The molecule has 1 aromatic carbocycles. The maximum absolute atomic E-state index is 13.6. The number of benzene rings is 1. The van der Waals surface area contributed by atoms with Crippen LogP contribution >= 0.6 is 0 Å². The smallest absolute Gasteiger partial charge is 0.149 e. The molecule has 88 valence electrons. The van der Waals surface area contributed by atoms with Crippen molar-refractivity contribution in [2.24, 2.45) is 0 Å². The van der Waals surface area contributed by atoms with Crippen molar-refractivity contribution in [3.8, 4) is 11.3 Å². The van der Waals surface area contributed by atoms with Gasteiger partial charge in [0.1, 0.15) is 17.5 Å². The van der Waals surface area contributed by atoms with Crippen LogP contribution in [-0.2, 0) is 0 Å². The minimum absolute atomic E-state index is 0.0955. The van der Waals surface area contributed by atoms with E-state index < -0.39 is 11.6 Å². The molecule has 5 heteroatoms. The molecule has 0 spiro atoms. The highest BCUT2D eigenvalue weighted by Gasteiger charge is 2.14. The van der Waals surface area contributed by atoms with Crippen molar-refractivity contribution in [3.63, 3.8) is 0 Å². The molecule has 1 aromatic heterocycles. The number of aromatic nitrogens is 2. The monoisotopic (exact) mass is 235 g/mol. The van der Waals surface area contributed by atoms with E-state index in [4.69, 9.17) is 5.73 Å². The minimum atomic E-state index is -0.534. The summed E-state index contributed by atoms with van der Waals surface area (Å²) in [6.45, 7) is 3.51. The van der Waals surface area contributed by atoms with E-state index in [1.165, 1.54) is 0 Å². The van der Waals surface area contributed by atoms with Gasteiger partial charge in [0.25, 0.3) is 0 Å². The zero-order valence-electron chi connectivity index (χ0n) is 9.46. The van der Waals surface area contributed by atoms with Crippen molar-refractivity contribution >= 4 is 5.82 Å². The van der Waals surface area contributed by atoms with E-state index in [9.17, 15) is 8.78 Å². The molecule has 3 nitrogen and oxygen atoms in total. The van der Waals surface area contributed by atoms with Gasteiger partial charge in [0.15, 0.2) is 0 Å². The molecule has 0 fully saturated rings. The van der Waals surface area contributed by atoms with E-state index in [1.54, 1.807) is 13.8 Å². The van der Waals surface area contributed by atoms with Crippen molar-refractivity contribution in [1.29, 1.82) is 0 Å². The Morgan fingerprint density at radius 3 is 2.47 bits per heavy atom. The molecule has 0 radical (unpaired) electrons. The summed E-state index contributed by atoms with van der Waals surface area (Å²) < 4.78 is 26.7. The largest absolute Gasteiger partial charge is 0.382 e. The fourth-order valence-electron chi connectivity index (χ4n) is 1.56. The van der Waals surface area contributed by atoms with E-state index >= 15 is 0 Å². The van der Waals surface area contributed by atoms with Gasteiger partial charge in [-0.15, -0.1) is 10.2 Å². The number of hydrogen-bond donors (Lipinski definition) is 1. The highest BCUT2D eigenvalue weighted by Crippen LogP contribution is 2.27. The molecular formula is C12H11F2N3. The Morgan fingerprint density at radius 1 is 1.06 bits per heavy atom. The van der Waals surface area contributed by atoms with Crippen LogP contribution < -0.4 is 5.73 Å². The van der Waals surface area contributed by atoms with E-state index in [0.717, 1.165) is 23.8 Å². The van der Waals surface area contributed by atoms with Crippen molar-refractivity contribution < 1.29 is 8.78 Å². The Kier molecular flexibility index (Phi) is 2.75. The molecule has 0 saturated carbocycles. The van der Waals surface area contributed by atoms with E-state index in [-0.39, 0.29) is 5.56 Å². The highest BCUT2D eigenvalue weighted by molar-refractivity contribution is 5.66. The third-order valence-corrected chi connectivity index (χ3v) is 2.74. The van der Waals surface area contributed by atoms with Crippen LogP contribution in [0.2, 0.25) is 0 Å². The third kappa shape index (κ3) is 1.95. The van der Waals surface area contributed by atoms with Crippen LogP contribution in [0.4, 0.5) is 14.6 Å². The molecular weight excluding hydrogens is 224 g/mol. The van der Waals surface area contributed by atoms with Gasteiger partial charge in [-0.2, -0.15) is 0 Å². The topological polar surface area (TPSA) is 51.8 Å². The standard InChI is InChI=1S/C12H11F2N3/c1-6-7(2)12(15)17-16-11(6)9-5-8(13)3-4-10(9)14/h3-5H,1-2H3,(H2,15,17). The SMILES string of the molecule is Cc1c(N)nnc(-c2cc(F)ccc2F)c1C. The van der Waals surface area contributed by atoms with Crippen LogP contribution in [0, 0.1) is 25.5 Å². The fraction of sp³-hybridized carbons (Fsp3) is 0.167. The average molecular weight is 235 g/mol. The van der Waals surface area contributed by atoms with Crippen LogP contribution in [0.25, 0.3) is 11.3 Å². The molecule has 2 rings (SSSR count). The first-order valence-electron chi connectivity index (χ1n) is 5.05. The third-order valence-electron chi connectivity index (χ3n) is 2.74. The number of anilines is 1. The maximum Gasteiger partial charge on any atom is 0.149 e. The molecule has 0 unspecified atom stereocenters. The van der Waals surface area contributed by atoms with E-state index in [1.807, 2.05) is 0 Å². The van der Waals surface area contributed by atoms with Gasteiger partial charge in [0.05, 0.1) is 5.69 Å². The normalized spacial score (nSPS) is 10.6. The average Bonchev–Trinajstić information content (AvgIpc) is 2.30. The molecule has 1 heterocycles. The summed E-state index contributed by atoms with van der Waals surface area (Å²) in [5, 5.41) is 7.55. The van der Waals surface area contributed by atoms with Crippen LogP contribution in [0.15, 0.2) is 18.2 Å². The lowest BCUT2D eigenvalue weighted by molar-refractivity contribution is 0.602. The van der Waals surface area contributed by atoms with Crippen molar-refractivity contribution in [2.45, 2.75) is 13.8 Å². The zero-order chi connectivity index (χ0) is 12.6.